The number of hydrogen-bond donors (Lipinski definition) is 0. The molecule has 0 saturated heterocycles. The largest absolute Gasteiger partial charge is 0.298 e. The molecule has 1 saturated carbocycles. The van der Waals surface area contributed by atoms with E-state index in [9.17, 15) is 4.79 Å². The van der Waals surface area contributed by atoms with Crippen molar-refractivity contribution < 1.29 is 4.79 Å². The van der Waals surface area contributed by atoms with Crippen LogP contribution in [0.15, 0.2) is 0 Å². The molecule has 0 N–H and O–H groups in total. The first kappa shape index (κ1) is 12.5. The fourth-order valence-corrected chi connectivity index (χ4v) is 3.65. The molecule has 76 valence electrons. The second-order valence-corrected chi connectivity index (χ2v) is 12.0. The van der Waals surface area contributed by atoms with Crippen LogP contribution >= 0.6 is 59.4 Å². The van der Waals surface area contributed by atoms with Gasteiger partial charge in [-0.25, -0.2) is 0 Å². The topological polar surface area (TPSA) is 17.1 Å². The summed E-state index contributed by atoms with van der Waals surface area (Å²) in [5.74, 6) is 0.127. The molecule has 0 radical (unpaired) electrons. The number of halogens is 4. The van der Waals surface area contributed by atoms with Crippen LogP contribution in [-0.2, 0) is 4.79 Å². The van der Waals surface area contributed by atoms with Crippen molar-refractivity contribution >= 4 is 65.2 Å². The Morgan fingerprint density at radius 3 is 2.08 bits per heavy atom. The van der Waals surface area contributed by atoms with Gasteiger partial charge in [-0.15, -0.1) is 11.6 Å². The zero-order valence-corrected chi connectivity index (χ0v) is 12.8. The number of Topliss-reactive ketones (excluding diaryl/α,β-unsaturated/α-hetero) is 1. The fraction of sp³-hybridized carbons (Fsp3) is 0.875. The molecule has 1 aliphatic carbocycles. The van der Waals surface area contributed by atoms with Crippen LogP contribution in [0, 0.1) is 5.41 Å². The molecule has 0 aromatic heterocycles. The Labute approximate surface area is 108 Å². The van der Waals surface area contributed by atoms with E-state index >= 15 is 0 Å². The predicted octanol–water partition coefficient (Wildman–Crippen LogP) is 4.19. The van der Waals surface area contributed by atoms with Crippen LogP contribution in [0.25, 0.3) is 0 Å². The molecular formula is C8H10Br3ClO. The molecule has 0 amide bonds. The monoisotopic (exact) mass is 394 g/mol. The van der Waals surface area contributed by atoms with Crippen LogP contribution in [0.1, 0.15) is 26.7 Å². The fourth-order valence-electron chi connectivity index (χ4n) is 1.57. The zero-order valence-electron chi connectivity index (χ0n) is 7.33. The van der Waals surface area contributed by atoms with Crippen LogP contribution < -0.4 is 0 Å². The molecule has 13 heavy (non-hydrogen) atoms. The lowest BCUT2D eigenvalue weighted by Crippen LogP contribution is -2.59. The summed E-state index contributed by atoms with van der Waals surface area (Å²) in [6.07, 6.45) is 1.09. The Morgan fingerprint density at radius 1 is 1.46 bits per heavy atom. The van der Waals surface area contributed by atoms with Crippen molar-refractivity contribution in [2.45, 2.75) is 33.7 Å². The lowest BCUT2D eigenvalue weighted by atomic mass is 9.60. The highest BCUT2D eigenvalue weighted by molar-refractivity contribution is 9.39. The molecule has 0 spiro atoms. The van der Waals surface area contributed by atoms with Gasteiger partial charge in [-0.1, -0.05) is 61.6 Å². The second-order valence-electron chi connectivity index (χ2n) is 4.08. The van der Waals surface area contributed by atoms with Gasteiger partial charge >= 0.3 is 0 Å². The first-order valence-electron chi connectivity index (χ1n) is 3.87. The molecule has 0 bridgehead atoms. The smallest absolute Gasteiger partial charge is 0.155 e. The normalized spacial score (nSPS) is 32.9. The van der Waals surface area contributed by atoms with Gasteiger partial charge in [0.15, 0.2) is 5.78 Å². The Kier molecular flexibility index (Phi) is 3.32. The average Bonchev–Trinajstić information content (AvgIpc) is 1.82. The summed E-state index contributed by atoms with van der Waals surface area (Å²) >= 11 is 16.4. The van der Waals surface area contributed by atoms with Crippen LogP contribution in [0.2, 0.25) is 0 Å². The van der Waals surface area contributed by atoms with Gasteiger partial charge in [0, 0.05) is 12.8 Å². The standard InChI is InChI=1S/C8H10Br3ClO/c1-6(2)3-5(13)7(6,12)4-8(9,10)11/h3-4H2,1-2H3. The van der Waals surface area contributed by atoms with Gasteiger partial charge in [0.1, 0.15) is 7.02 Å². The molecule has 0 aliphatic heterocycles. The lowest BCUT2D eigenvalue weighted by Gasteiger charge is -2.51. The number of carbonyl (C=O) groups excluding carboxylic acids is 1. The summed E-state index contributed by atoms with van der Waals surface area (Å²) in [5.41, 5.74) is -0.119. The molecule has 1 rings (SSSR count). The summed E-state index contributed by atoms with van der Waals surface area (Å²) in [6, 6.07) is 0. The first-order valence-corrected chi connectivity index (χ1v) is 6.63. The summed E-state index contributed by atoms with van der Waals surface area (Å²) in [4.78, 5) is 10.7. The van der Waals surface area contributed by atoms with Crippen molar-refractivity contribution in [3.05, 3.63) is 0 Å². The summed E-state index contributed by atoms with van der Waals surface area (Å²) in [7, 11) is 0. The third-order valence-electron chi connectivity index (χ3n) is 2.56. The van der Waals surface area contributed by atoms with Gasteiger partial charge in [0.05, 0.1) is 0 Å². The number of carbonyl (C=O) groups is 1. The van der Waals surface area contributed by atoms with Crippen molar-refractivity contribution in [2.75, 3.05) is 0 Å². The first-order chi connectivity index (χ1) is 5.58. The van der Waals surface area contributed by atoms with E-state index in [2.05, 4.69) is 47.8 Å². The SMILES string of the molecule is CC1(C)CC(=O)C1(Cl)CC(Br)(Br)Br. The van der Waals surface area contributed by atoms with E-state index in [0.29, 0.717) is 12.8 Å². The Morgan fingerprint density at radius 2 is 1.92 bits per heavy atom. The van der Waals surface area contributed by atoms with Crippen LogP contribution in [-0.4, -0.2) is 12.8 Å². The molecule has 1 unspecified atom stereocenters. The number of rotatable bonds is 1. The third kappa shape index (κ3) is 2.32. The van der Waals surface area contributed by atoms with E-state index in [4.69, 9.17) is 11.6 Å². The number of alkyl halides is 4. The minimum Gasteiger partial charge on any atom is -0.298 e. The van der Waals surface area contributed by atoms with Crippen molar-refractivity contribution in [3.8, 4) is 0 Å². The Bertz CT molecular complexity index is 246. The minimum absolute atomic E-state index is 0.119. The van der Waals surface area contributed by atoms with Gasteiger partial charge in [-0.3, -0.25) is 4.79 Å². The summed E-state index contributed by atoms with van der Waals surface area (Å²) < 4.78 is -0.442. The van der Waals surface area contributed by atoms with Gasteiger partial charge in [0.2, 0.25) is 0 Å². The third-order valence-corrected chi connectivity index (χ3v) is 4.26. The molecular weight excluding hydrogens is 387 g/mol. The second kappa shape index (κ2) is 3.46. The molecule has 1 nitrogen and oxygen atoms in total. The molecule has 0 aromatic carbocycles. The predicted molar refractivity (Wildman–Crippen MR) is 66.1 cm³/mol. The number of ketones is 1. The molecule has 1 atom stereocenters. The highest BCUT2D eigenvalue weighted by Gasteiger charge is 2.61. The van der Waals surface area contributed by atoms with E-state index in [0.717, 1.165) is 0 Å². The van der Waals surface area contributed by atoms with Gasteiger partial charge in [-0.2, -0.15) is 0 Å². The van der Waals surface area contributed by atoms with Gasteiger partial charge in [0.25, 0.3) is 0 Å². The highest BCUT2D eigenvalue weighted by atomic mass is 80.0. The van der Waals surface area contributed by atoms with Gasteiger partial charge in [-0.05, 0) is 5.41 Å². The van der Waals surface area contributed by atoms with E-state index < -0.39 is 7.02 Å². The maximum atomic E-state index is 11.5. The molecule has 5 heteroatoms. The van der Waals surface area contributed by atoms with Crippen molar-refractivity contribution in [1.82, 2.24) is 0 Å². The van der Waals surface area contributed by atoms with Crippen molar-refractivity contribution in [3.63, 3.8) is 0 Å². The Hall–Kier alpha value is 1.40. The zero-order chi connectivity index (χ0) is 10.5. The summed E-state index contributed by atoms with van der Waals surface area (Å²) in [6.45, 7) is 4.03. The highest BCUT2D eigenvalue weighted by Crippen LogP contribution is 2.58. The van der Waals surface area contributed by atoms with E-state index in [1.165, 1.54) is 0 Å². The summed E-state index contributed by atoms with van der Waals surface area (Å²) in [5, 5.41) is 0. The maximum Gasteiger partial charge on any atom is 0.155 e. The molecule has 0 aromatic rings. The van der Waals surface area contributed by atoms with E-state index in [1.807, 2.05) is 13.8 Å². The van der Waals surface area contributed by atoms with E-state index in [1.54, 1.807) is 0 Å². The van der Waals surface area contributed by atoms with Gasteiger partial charge < -0.3 is 0 Å². The maximum absolute atomic E-state index is 11.5. The molecule has 1 fully saturated rings. The van der Waals surface area contributed by atoms with Crippen molar-refractivity contribution in [2.24, 2.45) is 5.41 Å². The minimum atomic E-state index is -0.747. The van der Waals surface area contributed by atoms with Crippen molar-refractivity contribution in [1.29, 1.82) is 0 Å². The number of hydrogen-bond acceptors (Lipinski definition) is 1. The quantitative estimate of drug-likeness (QED) is 0.607. The van der Waals surface area contributed by atoms with Crippen LogP contribution in [0.3, 0.4) is 0 Å². The molecule has 1 aliphatic rings. The average molecular weight is 397 g/mol. The molecule has 0 heterocycles. The lowest BCUT2D eigenvalue weighted by molar-refractivity contribution is -0.137. The van der Waals surface area contributed by atoms with Crippen LogP contribution in [0.4, 0.5) is 0 Å². The van der Waals surface area contributed by atoms with E-state index in [-0.39, 0.29) is 11.2 Å². The van der Waals surface area contributed by atoms with Crippen LogP contribution in [0.5, 0.6) is 0 Å². The Balaban J connectivity index is 2.82.